The molecule has 2 aromatic rings. The fourth-order valence-electron chi connectivity index (χ4n) is 2.70. The van der Waals surface area contributed by atoms with Gasteiger partial charge in [0.25, 0.3) is 15.1 Å². The first-order valence-corrected chi connectivity index (χ1v) is 8.95. The van der Waals surface area contributed by atoms with Gasteiger partial charge in [0.1, 0.15) is 6.07 Å². The smallest absolute Gasteiger partial charge is 0.279 e. The lowest BCUT2D eigenvalue weighted by molar-refractivity contribution is 0.333. The van der Waals surface area contributed by atoms with Gasteiger partial charge in [-0.3, -0.25) is 0 Å². The predicted octanol–water partition coefficient (Wildman–Crippen LogP) is 2.70. The molecule has 3 rings (SSSR count). The van der Waals surface area contributed by atoms with Crippen molar-refractivity contribution < 1.29 is 12.8 Å². The van der Waals surface area contributed by atoms with Gasteiger partial charge in [-0.15, -0.1) is 0 Å². The van der Waals surface area contributed by atoms with Crippen molar-refractivity contribution >= 4 is 10.0 Å². The Morgan fingerprint density at radius 1 is 1.22 bits per heavy atom. The highest BCUT2D eigenvalue weighted by Crippen LogP contribution is 2.29. The maximum atomic E-state index is 12.7. The monoisotopic (exact) mass is 331 g/mol. The molecule has 2 heterocycles. The van der Waals surface area contributed by atoms with E-state index in [0.717, 1.165) is 24.8 Å². The van der Waals surface area contributed by atoms with Gasteiger partial charge in [-0.2, -0.15) is 14.6 Å². The van der Waals surface area contributed by atoms with Crippen molar-refractivity contribution in [2.75, 3.05) is 13.1 Å². The normalized spacial score (nSPS) is 16.2. The Kier molecular flexibility index (Phi) is 4.20. The number of sulfonamides is 1. The number of piperidine rings is 1. The summed E-state index contributed by atoms with van der Waals surface area (Å²) in [6, 6.07) is 9.20. The van der Waals surface area contributed by atoms with Crippen LogP contribution in [0.1, 0.15) is 30.5 Å². The topological polar surface area (TPSA) is 87.2 Å². The molecule has 0 radical (unpaired) electrons. The highest BCUT2D eigenvalue weighted by Gasteiger charge is 2.33. The van der Waals surface area contributed by atoms with E-state index in [1.165, 1.54) is 4.31 Å². The summed E-state index contributed by atoms with van der Waals surface area (Å²) in [5.41, 5.74) is 1.40. The van der Waals surface area contributed by atoms with Crippen LogP contribution >= 0.6 is 0 Å². The average molecular weight is 331 g/mol. The van der Waals surface area contributed by atoms with E-state index in [4.69, 9.17) is 4.42 Å². The number of aromatic nitrogens is 1. The Labute approximate surface area is 135 Å². The Balaban J connectivity index is 2.07. The third-order valence-electron chi connectivity index (χ3n) is 3.97. The average Bonchev–Trinajstić information content (AvgIpc) is 3.01. The van der Waals surface area contributed by atoms with Gasteiger partial charge in [0.2, 0.25) is 5.89 Å². The van der Waals surface area contributed by atoms with E-state index >= 15 is 0 Å². The molecule has 0 unspecified atom stereocenters. The zero-order valence-corrected chi connectivity index (χ0v) is 13.6. The second-order valence-electron chi connectivity index (χ2n) is 5.55. The van der Waals surface area contributed by atoms with E-state index in [2.05, 4.69) is 4.98 Å². The minimum atomic E-state index is -3.82. The van der Waals surface area contributed by atoms with Crippen LogP contribution in [0.25, 0.3) is 11.5 Å². The van der Waals surface area contributed by atoms with Gasteiger partial charge in [-0.25, -0.2) is 8.42 Å². The van der Waals surface area contributed by atoms with Gasteiger partial charge < -0.3 is 4.42 Å². The lowest BCUT2D eigenvalue weighted by Gasteiger charge is -2.24. The molecule has 1 aliphatic heterocycles. The molecule has 0 amide bonds. The van der Waals surface area contributed by atoms with Crippen molar-refractivity contribution in [2.24, 2.45) is 0 Å². The maximum absolute atomic E-state index is 12.7. The summed E-state index contributed by atoms with van der Waals surface area (Å²) in [7, 11) is -3.82. The van der Waals surface area contributed by atoms with Gasteiger partial charge in [-0.05, 0) is 31.4 Å². The van der Waals surface area contributed by atoms with Gasteiger partial charge in [0.15, 0.2) is 5.69 Å². The molecule has 7 heteroatoms. The number of nitrogens with zero attached hydrogens (tertiary/aromatic N) is 3. The lowest BCUT2D eigenvalue weighted by Crippen LogP contribution is -2.35. The quantitative estimate of drug-likeness (QED) is 0.863. The van der Waals surface area contributed by atoms with Crippen molar-refractivity contribution in [3.8, 4) is 17.5 Å². The third-order valence-corrected chi connectivity index (χ3v) is 5.76. The van der Waals surface area contributed by atoms with E-state index in [1.54, 1.807) is 6.07 Å². The van der Waals surface area contributed by atoms with E-state index in [1.807, 2.05) is 31.2 Å². The summed E-state index contributed by atoms with van der Waals surface area (Å²) >= 11 is 0. The van der Waals surface area contributed by atoms with E-state index in [0.29, 0.717) is 18.7 Å². The Bertz CT molecular complexity index is 859. The summed E-state index contributed by atoms with van der Waals surface area (Å²) in [5, 5.41) is 8.91. The fourth-order valence-corrected chi connectivity index (χ4v) is 4.20. The molecule has 0 spiro atoms. The minimum Gasteiger partial charge on any atom is -0.422 e. The molecule has 120 valence electrons. The number of hydrogen-bond acceptors (Lipinski definition) is 5. The molecule has 1 aliphatic rings. The number of rotatable bonds is 3. The predicted molar refractivity (Wildman–Crippen MR) is 84.0 cm³/mol. The second-order valence-corrected chi connectivity index (χ2v) is 7.38. The van der Waals surface area contributed by atoms with Crippen LogP contribution in [0.3, 0.4) is 0 Å². The van der Waals surface area contributed by atoms with Crippen molar-refractivity contribution in [3.05, 3.63) is 35.5 Å². The molecular formula is C16H17N3O3S. The zero-order valence-electron chi connectivity index (χ0n) is 12.8. The van der Waals surface area contributed by atoms with E-state index < -0.39 is 10.0 Å². The van der Waals surface area contributed by atoms with Crippen LogP contribution in [-0.4, -0.2) is 30.8 Å². The Hall–Kier alpha value is -2.17. The standard InChI is InChI=1S/C16H17N3O3S/c1-12-7-3-4-8-13(12)15-18-14(11-17)16(22-15)23(20,21)19-9-5-2-6-10-19/h3-4,7-8H,2,5-6,9-10H2,1H3. The van der Waals surface area contributed by atoms with Gasteiger partial charge in [0.05, 0.1) is 0 Å². The molecule has 0 saturated carbocycles. The summed E-state index contributed by atoms with van der Waals surface area (Å²) < 4.78 is 32.4. The largest absolute Gasteiger partial charge is 0.422 e. The molecule has 1 aromatic carbocycles. The van der Waals surface area contributed by atoms with Crippen molar-refractivity contribution in [3.63, 3.8) is 0 Å². The highest BCUT2D eigenvalue weighted by atomic mass is 32.2. The van der Waals surface area contributed by atoms with Crippen molar-refractivity contribution in [1.29, 1.82) is 5.26 Å². The Morgan fingerprint density at radius 2 is 1.91 bits per heavy atom. The van der Waals surface area contributed by atoms with Crippen LogP contribution in [0, 0.1) is 18.3 Å². The summed E-state index contributed by atoms with van der Waals surface area (Å²) in [6.07, 6.45) is 2.65. The lowest BCUT2D eigenvalue weighted by atomic mass is 10.1. The van der Waals surface area contributed by atoms with Crippen LogP contribution in [-0.2, 0) is 10.0 Å². The first-order chi connectivity index (χ1) is 11.0. The Morgan fingerprint density at radius 3 is 2.57 bits per heavy atom. The SMILES string of the molecule is Cc1ccccc1-c1nc(C#N)c(S(=O)(=O)N2CCCCC2)o1. The van der Waals surface area contributed by atoms with Crippen LogP contribution in [0.2, 0.25) is 0 Å². The molecule has 6 nitrogen and oxygen atoms in total. The molecule has 1 aromatic heterocycles. The molecule has 23 heavy (non-hydrogen) atoms. The van der Waals surface area contributed by atoms with Crippen LogP contribution in [0.4, 0.5) is 0 Å². The van der Waals surface area contributed by atoms with Crippen molar-refractivity contribution in [1.82, 2.24) is 9.29 Å². The third kappa shape index (κ3) is 2.87. The van der Waals surface area contributed by atoms with E-state index in [9.17, 15) is 13.7 Å². The molecule has 1 fully saturated rings. The molecule has 0 bridgehead atoms. The van der Waals surface area contributed by atoms with Gasteiger partial charge >= 0.3 is 0 Å². The maximum Gasteiger partial charge on any atom is 0.279 e. The van der Waals surface area contributed by atoms with Crippen LogP contribution in [0.5, 0.6) is 0 Å². The molecule has 0 atom stereocenters. The van der Waals surface area contributed by atoms with Gasteiger partial charge in [0, 0.05) is 18.7 Å². The van der Waals surface area contributed by atoms with Crippen LogP contribution in [0.15, 0.2) is 33.8 Å². The number of nitriles is 1. The summed E-state index contributed by atoms with van der Waals surface area (Å²) in [4.78, 5) is 4.09. The number of hydrogen-bond donors (Lipinski definition) is 0. The number of benzene rings is 1. The number of aryl methyl sites for hydroxylation is 1. The van der Waals surface area contributed by atoms with Crippen molar-refractivity contribution in [2.45, 2.75) is 31.3 Å². The summed E-state index contributed by atoms with van der Waals surface area (Å²) in [6.45, 7) is 2.78. The number of oxazole rings is 1. The first kappa shape index (κ1) is 15.7. The molecule has 0 aliphatic carbocycles. The highest BCUT2D eigenvalue weighted by molar-refractivity contribution is 7.89. The van der Waals surface area contributed by atoms with E-state index in [-0.39, 0.29) is 16.7 Å². The molecule has 1 saturated heterocycles. The zero-order chi connectivity index (χ0) is 16.4. The minimum absolute atomic E-state index is 0.162. The summed E-state index contributed by atoms with van der Waals surface area (Å²) in [5.74, 6) is 0.162. The molecule has 0 N–H and O–H groups in total. The first-order valence-electron chi connectivity index (χ1n) is 7.51. The van der Waals surface area contributed by atoms with Crippen LogP contribution < -0.4 is 0 Å². The molecular weight excluding hydrogens is 314 g/mol. The fraction of sp³-hybridized carbons (Fsp3) is 0.375. The second kappa shape index (κ2) is 6.14. The van der Waals surface area contributed by atoms with Gasteiger partial charge in [-0.1, -0.05) is 24.6 Å².